The lowest BCUT2D eigenvalue weighted by atomic mass is 9.78. The Kier molecular flexibility index (Phi) is 4.22. The topological polar surface area (TPSA) is 3.24 Å². The van der Waals surface area contributed by atoms with Gasteiger partial charge in [0.25, 0.3) is 0 Å². The summed E-state index contributed by atoms with van der Waals surface area (Å²) in [6.45, 7) is 7.00. The molecule has 2 heteroatoms. The molecule has 2 radical (unpaired) electrons. The molecule has 2 atom stereocenters. The molecule has 0 saturated heterocycles. The van der Waals surface area contributed by atoms with Crippen LogP contribution in [0.2, 0.25) is 5.82 Å². The third-order valence-electron chi connectivity index (χ3n) is 4.29. The Morgan fingerprint density at radius 3 is 2.65 bits per heavy atom. The number of allylic oxidation sites excluding steroid dienone is 1. The van der Waals surface area contributed by atoms with E-state index in [9.17, 15) is 0 Å². The standard InChI is InChI=1S/C15H26BN/c1-11(2)17-12(3)9-13-10-14(16)7-5-4-6-8-15(13)17/h11-12,14H,4-10H2,1-3H3. The Balaban J connectivity index is 2.19. The number of rotatable bonds is 1. The minimum Gasteiger partial charge on any atom is -0.369 e. The van der Waals surface area contributed by atoms with Crippen LogP contribution in [0.15, 0.2) is 11.3 Å². The molecule has 0 saturated carbocycles. The van der Waals surface area contributed by atoms with E-state index in [1.807, 2.05) is 0 Å². The molecular formula is C15H26BN. The molecule has 0 aromatic heterocycles. The van der Waals surface area contributed by atoms with Crippen molar-refractivity contribution in [2.75, 3.05) is 0 Å². The third kappa shape index (κ3) is 2.89. The highest BCUT2D eigenvalue weighted by atomic mass is 15.2. The first-order chi connectivity index (χ1) is 8.09. The van der Waals surface area contributed by atoms with E-state index in [1.165, 1.54) is 38.5 Å². The average molecular weight is 231 g/mol. The van der Waals surface area contributed by atoms with Crippen molar-refractivity contribution in [1.29, 1.82) is 0 Å². The summed E-state index contributed by atoms with van der Waals surface area (Å²) in [4.78, 5) is 2.65. The monoisotopic (exact) mass is 231 g/mol. The van der Waals surface area contributed by atoms with Gasteiger partial charge < -0.3 is 4.90 Å². The van der Waals surface area contributed by atoms with Crippen molar-refractivity contribution in [1.82, 2.24) is 4.90 Å². The smallest absolute Gasteiger partial charge is 0.0703 e. The van der Waals surface area contributed by atoms with Crippen LogP contribution in [0, 0.1) is 0 Å². The Labute approximate surface area is 108 Å². The zero-order chi connectivity index (χ0) is 12.4. The van der Waals surface area contributed by atoms with Crippen LogP contribution < -0.4 is 0 Å². The van der Waals surface area contributed by atoms with Crippen LogP contribution in [-0.4, -0.2) is 24.8 Å². The highest BCUT2D eigenvalue weighted by Crippen LogP contribution is 2.39. The molecule has 2 rings (SSSR count). The second-order valence-corrected chi connectivity index (χ2v) is 6.17. The highest BCUT2D eigenvalue weighted by Gasteiger charge is 2.30. The molecule has 1 nitrogen and oxygen atoms in total. The summed E-state index contributed by atoms with van der Waals surface area (Å²) in [5.74, 6) is 0.400. The highest BCUT2D eigenvalue weighted by molar-refractivity contribution is 6.11. The first-order valence-corrected chi connectivity index (χ1v) is 7.34. The van der Waals surface area contributed by atoms with Crippen molar-refractivity contribution in [2.24, 2.45) is 0 Å². The number of hydrogen-bond acceptors (Lipinski definition) is 1. The molecule has 2 unspecified atom stereocenters. The molecule has 0 bridgehead atoms. The molecule has 94 valence electrons. The van der Waals surface area contributed by atoms with Gasteiger partial charge in [0.15, 0.2) is 0 Å². The Morgan fingerprint density at radius 2 is 1.94 bits per heavy atom. The Morgan fingerprint density at radius 1 is 1.18 bits per heavy atom. The molecule has 0 spiro atoms. The lowest BCUT2D eigenvalue weighted by molar-refractivity contribution is 0.233. The van der Waals surface area contributed by atoms with E-state index < -0.39 is 0 Å². The van der Waals surface area contributed by atoms with Crippen molar-refractivity contribution >= 4 is 7.85 Å². The van der Waals surface area contributed by atoms with Gasteiger partial charge in [-0.25, -0.2) is 0 Å². The van der Waals surface area contributed by atoms with E-state index in [1.54, 1.807) is 11.3 Å². The molecule has 0 aromatic carbocycles. The van der Waals surface area contributed by atoms with Gasteiger partial charge in [-0.15, -0.1) is 0 Å². The maximum Gasteiger partial charge on any atom is 0.0703 e. The Bertz CT molecular complexity index is 295. The zero-order valence-corrected chi connectivity index (χ0v) is 11.7. The summed E-state index contributed by atoms with van der Waals surface area (Å²) < 4.78 is 0. The molecule has 1 aliphatic carbocycles. The molecule has 0 aromatic rings. The summed E-state index contributed by atoms with van der Waals surface area (Å²) in [5, 5.41) is 0. The molecular weight excluding hydrogens is 205 g/mol. The van der Waals surface area contributed by atoms with Crippen LogP contribution in [0.25, 0.3) is 0 Å². The van der Waals surface area contributed by atoms with Gasteiger partial charge in [-0.1, -0.05) is 25.1 Å². The number of nitrogens with zero attached hydrogens (tertiary/aromatic N) is 1. The number of hydrogen-bond donors (Lipinski definition) is 0. The fraction of sp³-hybridized carbons (Fsp3) is 0.867. The first-order valence-electron chi connectivity index (χ1n) is 7.34. The van der Waals surface area contributed by atoms with Crippen LogP contribution in [0.1, 0.15) is 65.7 Å². The van der Waals surface area contributed by atoms with Crippen LogP contribution in [-0.2, 0) is 0 Å². The van der Waals surface area contributed by atoms with E-state index in [0.717, 1.165) is 6.42 Å². The molecule has 0 fully saturated rings. The molecule has 1 heterocycles. The first kappa shape index (κ1) is 13.0. The van der Waals surface area contributed by atoms with Crippen molar-refractivity contribution in [2.45, 2.75) is 83.6 Å². The quantitative estimate of drug-likeness (QED) is 0.615. The zero-order valence-electron chi connectivity index (χ0n) is 11.7. The second kappa shape index (κ2) is 5.50. The maximum absolute atomic E-state index is 6.24. The largest absolute Gasteiger partial charge is 0.369 e. The summed E-state index contributed by atoms with van der Waals surface area (Å²) in [6.07, 6.45) is 8.91. The van der Waals surface area contributed by atoms with Gasteiger partial charge >= 0.3 is 0 Å². The normalized spacial score (nSPS) is 31.2. The van der Waals surface area contributed by atoms with Crippen molar-refractivity contribution in [3.05, 3.63) is 11.3 Å². The average Bonchev–Trinajstić information content (AvgIpc) is 2.56. The minimum absolute atomic E-state index is 0.400. The van der Waals surface area contributed by atoms with E-state index >= 15 is 0 Å². The van der Waals surface area contributed by atoms with Gasteiger partial charge in [-0.2, -0.15) is 0 Å². The van der Waals surface area contributed by atoms with E-state index in [0.29, 0.717) is 17.9 Å². The molecule has 0 N–H and O–H groups in total. The van der Waals surface area contributed by atoms with Gasteiger partial charge in [-0.3, -0.25) is 0 Å². The fourth-order valence-electron chi connectivity index (χ4n) is 3.64. The molecule has 1 aliphatic heterocycles. The predicted octanol–water partition coefficient (Wildman–Crippen LogP) is 4.05. The van der Waals surface area contributed by atoms with Crippen LogP contribution in [0.4, 0.5) is 0 Å². The summed E-state index contributed by atoms with van der Waals surface area (Å²) >= 11 is 0. The van der Waals surface area contributed by atoms with E-state index in [4.69, 9.17) is 7.85 Å². The van der Waals surface area contributed by atoms with Crippen LogP contribution in [0.5, 0.6) is 0 Å². The molecule has 0 amide bonds. The van der Waals surface area contributed by atoms with Crippen molar-refractivity contribution < 1.29 is 0 Å². The van der Waals surface area contributed by atoms with Gasteiger partial charge in [0.2, 0.25) is 0 Å². The van der Waals surface area contributed by atoms with Gasteiger partial charge in [-0.05, 0) is 52.0 Å². The van der Waals surface area contributed by atoms with Gasteiger partial charge in [0.1, 0.15) is 0 Å². The molecule has 17 heavy (non-hydrogen) atoms. The predicted molar refractivity (Wildman–Crippen MR) is 75.3 cm³/mol. The summed E-state index contributed by atoms with van der Waals surface area (Å²) in [7, 11) is 6.24. The molecule has 2 aliphatic rings. The third-order valence-corrected chi connectivity index (χ3v) is 4.29. The minimum atomic E-state index is 0.400. The summed E-state index contributed by atoms with van der Waals surface area (Å²) in [6, 6.07) is 1.32. The Hall–Kier alpha value is -0.395. The lowest BCUT2D eigenvalue weighted by Gasteiger charge is -2.32. The fourth-order valence-corrected chi connectivity index (χ4v) is 3.64. The SMILES string of the molecule is [B]C1CCCCCC2=C(C1)CC(C)N2C(C)C. The van der Waals surface area contributed by atoms with Gasteiger partial charge in [0, 0.05) is 17.8 Å². The lowest BCUT2D eigenvalue weighted by Crippen LogP contribution is -2.33. The van der Waals surface area contributed by atoms with E-state index in [-0.39, 0.29) is 0 Å². The maximum atomic E-state index is 6.24. The van der Waals surface area contributed by atoms with Crippen LogP contribution >= 0.6 is 0 Å². The van der Waals surface area contributed by atoms with Gasteiger partial charge in [0.05, 0.1) is 7.85 Å². The van der Waals surface area contributed by atoms with E-state index in [2.05, 4.69) is 25.7 Å². The van der Waals surface area contributed by atoms with Crippen LogP contribution in [0.3, 0.4) is 0 Å². The second-order valence-electron chi connectivity index (χ2n) is 6.17. The van der Waals surface area contributed by atoms with Crippen molar-refractivity contribution in [3.63, 3.8) is 0 Å². The van der Waals surface area contributed by atoms with Crippen molar-refractivity contribution in [3.8, 4) is 0 Å². The summed E-state index contributed by atoms with van der Waals surface area (Å²) in [5.41, 5.74) is 3.31.